The molecule has 0 spiro atoms. The predicted molar refractivity (Wildman–Crippen MR) is 173 cm³/mol. The molecule has 1 aliphatic carbocycles. The van der Waals surface area contributed by atoms with Crippen molar-refractivity contribution >= 4 is 17.6 Å². The highest BCUT2D eigenvalue weighted by Crippen LogP contribution is 2.41. The Kier molecular flexibility index (Phi) is 8.72. The van der Waals surface area contributed by atoms with E-state index in [2.05, 4.69) is 53.7 Å². The molecule has 0 bridgehead atoms. The number of hydrogen-bond donors (Lipinski definition) is 2. The molecule has 6 rings (SSSR count). The predicted octanol–water partition coefficient (Wildman–Crippen LogP) is 6.26. The van der Waals surface area contributed by atoms with Gasteiger partial charge in [0.2, 0.25) is 0 Å². The van der Waals surface area contributed by atoms with Crippen LogP contribution in [0.15, 0.2) is 60.8 Å². The van der Waals surface area contributed by atoms with Gasteiger partial charge in [-0.25, -0.2) is 14.5 Å². The summed E-state index contributed by atoms with van der Waals surface area (Å²) in [6, 6.07) is 18.8. The van der Waals surface area contributed by atoms with Gasteiger partial charge in [0.25, 0.3) is 5.91 Å². The van der Waals surface area contributed by atoms with Crippen molar-refractivity contribution in [2.45, 2.75) is 78.0 Å². The topological polar surface area (TPSA) is 110 Å². The third kappa shape index (κ3) is 5.96. The lowest BCUT2D eigenvalue weighted by atomic mass is 9.93. The minimum Gasteiger partial charge on any atom is -0.462 e. The number of nitrogens with zero attached hydrogens (tertiary/aromatic N) is 4. The molecule has 0 saturated carbocycles. The Bertz CT molecular complexity index is 1730. The number of amides is 1. The first-order valence-electron chi connectivity index (χ1n) is 15.9. The van der Waals surface area contributed by atoms with E-state index >= 15 is 0 Å². The first-order valence-corrected chi connectivity index (χ1v) is 15.9. The molecule has 2 N–H and O–H groups in total. The molecule has 2 unspecified atom stereocenters. The second-order valence-corrected chi connectivity index (χ2v) is 12.1. The van der Waals surface area contributed by atoms with E-state index in [1.807, 2.05) is 30.0 Å². The second kappa shape index (κ2) is 12.9. The second-order valence-electron chi connectivity index (χ2n) is 12.1. The van der Waals surface area contributed by atoms with E-state index in [-0.39, 0.29) is 24.0 Å². The molecule has 9 heteroatoms. The molecule has 3 atom stereocenters. The van der Waals surface area contributed by atoms with Crippen molar-refractivity contribution in [3.63, 3.8) is 0 Å². The lowest BCUT2D eigenvalue weighted by Gasteiger charge is -2.37. The minimum absolute atomic E-state index is 0.0162. The Balaban J connectivity index is 1.27. The van der Waals surface area contributed by atoms with Crippen molar-refractivity contribution in [2.75, 3.05) is 18.5 Å². The average molecular weight is 608 g/mol. The molecule has 2 aromatic carbocycles. The van der Waals surface area contributed by atoms with Crippen LogP contribution in [-0.2, 0) is 16.0 Å². The third-order valence-corrected chi connectivity index (χ3v) is 9.09. The summed E-state index contributed by atoms with van der Waals surface area (Å²) < 4.78 is 6.87. The third-order valence-electron chi connectivity index (χ3n) is 9.09. The standard InChI is InChI=1S/C36H41N5O4/c1-5-45-36(44)28-21-37-41(23(28)3)33-14-9-12-30(39-33)27-11-8-10-25-15-18-31(34(25)27)38-29-17-16-26(20-22(29)2)32-13-6-7-19-40(32)35(43)24(4)42/h8-12,14,16-17,20-21,24,31-32,38,42H,5-7,13,15,18-19H2,1-4H3/t24-,31?,32?/m0/s1. The number of aliphatic hydroxyl groups excluding tert-OH is 1. The number of benzene rings is 2. The van der Waals surface area contributed by atoms with Crippen LogP contribution in [0.1, 0.15) is 89.9 Å². The van der Waals surface area contributed by atoms with Gasteiger partial charge in [0, 0.05) is 17.8 Å². The fourth-order valence-electron chi connectivity index (χ4n) is 6.82. The van der Waals surface area contributed by atoms with E-state index in [0.29, 0.717) is 30.2 Å². The number of piperidine rings is 1. The summed E-state index contributed by atoms with van der Waals surface area (Å²) in [6.07, 6.45) is 5.40. The van der Waals surface area contributed by atoms with E-state index in [9.17, 15) is 14.7 Å². The largest absolute Gasteiger partial charge is 0.462 e. The zero-order chi connectivity index (χ0) is 31.7. The van der Waals surface area contributed by atoms with E-state index < -0.39 is 6.10 Å². The number of likely N-dealkylation sites (tertiary alicyclic amines) is 1. The van der Waals surface area contributed by atoms with Crippen molar-refractivity contribution in [1.29, 1.82) is 0 Å². The summed E-state index contributed by atoms with van der Waals surface area (Å²) in [6.45, 7) is 8.27. The van der Waals surface area contributed by atoms with Crippen LogP contribution in [-0.4, -0.2) is 55.9 Å². The van der Waals surface area contributed by atoms with E-state index in [0.717, 1.165) is 60.2 Å². The maximum atomic E-state index is 12.7. The number of anilines is 1. The summed E-state index contributed by atoms with van der Waals surface area (Å²) in [4.78, 5) is 32.0. The number of carbonyl (C=O) groups is 2. The molecule has 45 heavy (non-hydrogen) atoms. The first kappa shape index (κ1) is 30.5. The van der Waals surface area contributed by atoms with Gasteiger partial charge in [-0.15, -0.1) is 0 Å². The van der Waals surface area contributed by atoms with E-state index in [1.165, 1.54) is 17.3 Å². The molecule has 234 valence electrons. The lowest BCUT2D eigenvalue weighted by Crippen LogP contribution is -2.43. The van der Waals surface area contributed by atoms with E-state index in [4.69, 9.17) is 9.72 Å². The first-order chi connectivity index (χ1) is 21.8. The Morgan fingerprint density at radius 2 is 1.91 bits per heavy atom. The van der Waals surface area contributed by atoms with Gasteiger partial charge in [0.15, 0.2) is 5.82 Å². The Morgan fingerprint density at radius 3 is 2.69 bits per heavy atom. The molecule has 3 heterocycles. The highest BCUT2D eigenvalue weighted by atomic mass is 16.5. The van der Waals surface area contributed by atoms with Crippen LogP contribution >= 0.6 is 0 Å². The molecule has 2 aromatic heterocycles. The average Bonchev–Trinajstić information content (AvgIpc) is 3.65. The lowest BCUT2D eigenvalue weighted by molar-refractivity contribution is -0.143. The molecule has 1 saturated heterocycles. The van der Waals surface area contributed by atoms with Gasteiger partial charge in [-0.3, -0.25) is 4.79 Å². The molecule has 9 nitrogen and oxygen atoms in total. The SMILES string of the molecule is CCOC(=O)c1cnn(-c2cccc(-c3cccc4c3C(Nc3ccc(C5CCCCN5C(=O)[C@H](C)O)cc3C)CC4)n2)c1C. The normalized spacial score (nSPS) is 18.4. The monoisotopic (exact) mass is 607 g/mol. The van der Waals surface area contributed by atoms with Gasteiger partial charge >= 0.3 is 5.97 Å². The maximum absolute atomic E-state index is 12.7. The van der Waals surface area contributed by atoms with Gasteiger partial charge in [0.05, 0.1) is 36.3 Å². The summed E-state index contributed by atoms with van der Waals surface area (Å²) in [7, 11) is 0. The maximum Gasteiger partial charge on any atom is 0.341 e. The highest BCUT2D eigenvalue weighted by Gasteiger charge is 2.31. The van der Waals surface area contributed by atoms with Crippen LogP contribution in [0.2, 0.25) is 0 Å². The number of hydrogen-bond acceptors (Lipinski definition) is 7. The molecular weight excluding hydrogens is 566 g/mol. The molecule has 2 aliphatic rings. The Hall–Kier alpha value is -4.50. The number of rotatable bonds is 8. The summed E-state index contributed by atoms with van der Waals surface area (Å²) in [5.74, 6) is 0.0484. The number of ether oxygens (including phenoxy) is 1. The van der Waals surface area contributed by atoms with Crippen molar-refractivity contribution in [3.05, 3.63) is 94.3 Å². The number of pyridine rings is 1. The summed E-state index contributed by atoms with van der Waals surface area (Å²) in [5, 5.41) is 18.2. The molecule has 1 amide bonds. The molecule has 1 aliphatic heterocycles. The minimum atomic E-state index is -0.995. The van der Waals surface area contributed by atoms with E-state index in [1.54, 1.807) is 18.5 Å². The fraction of sp³-hybridized carbons (Fsp3) is 0.389. The Morgan fingerprint density at radius 1 is 1.09 bits per heavy atom. The Labute approximate surface area is 264 Å². The van der Waals surface area contributed by atoms with Gasteiger partial charge in [-0.1, -0.05) is 36.4 Å². The van der Waals surface area contributed by atoms with Gasteiger partial charge in [-0.05, 0) is 100 Å². The summed E-state index contributed by atoms with van der Waals surface area (Å²) >= 11 is 0. The van der Waals surface area contributed by atoms with Crippen molar-refractivity contribution in [3.8, 4) is 17.1 Å². The van der Waals surface area contributed by atoms with Crippen LogP contribution in [0.25, 0.3) is 17.1 Å². The molecule has 1 fully saturated rings. The van der Waals surface area contributed by atoms with Crippen molar-refractivity contribution in [2.24, 2.45) is 0 Å². The van der Waals surface area contributed by atoms with Crippen LogP contribution in [0.4, 0.5) is 5.69 Å². The van der Waals surface area contributed by atoms with Crippen LogP contribution in [0.5, 0.6) is 0 Å². The van der Waals surface area contributed by atoms with Gasteiger partial charge in [-0.2, -0.15) is 5.10 Å². The van der Waals surface area contributed by atoms with Crippen LogP contribution in [0.3, 0.4) is 0 Å². The fourth-order valence-corrected chi connectivity index (χ4v) is 6.82. The highest BCUT2D eigenvalue weighted by molar-refractivity contribution is 5.90. The number of aliphatic hydroxyl groups is 1. The number of nitrogens with one attached hydrogen (secondary N) is 1. The number of fused-ring (bicyclic) bond motifs is 1. The number of aromatic nitrogens is 3. The van der Waals surface area contributed by atoms with Gasteiger partial charge in [0.1, 0.15) is 11.7 Å². The molecular formula is C36H41N5O4. The van der Waals surface area contributed by atoms with Crippen molar-refractivity contribution in [1.82, 2.24) is 19.7 Å². The molecule has 4 aromatic rings. The van der Waals surface area contributed by atoms with Gasteiger partial charge < -0.3 is 20.1 Å². The van der Waals surface area contributed by atoms with Crippen LogP contribution in [0, 0.1) is 13.8 Å². The zero-order valence-corrected chi connectivity index (χ0v) is 26.4. The smallest absolute Gasteiger partial charge is 0.341 e. The van der Waals surface area contributed by atoms with Crippen LogP contribution < -0.4 is 5.32 Å². The number of carbonyl (C=O) groups excluding carboxylic acids is 2. The molecule has 0 radical (unpaired) electrons. The zero-order valence-electron chi connectivity index (χ0n) is 26.4. The van der Waals surface area contributed by atoms with Crippen molar-refractivity contribution < 1.29 is 19.4 Å². The number of aryl methyl sites for hydroxylation is 2. The number of esters is 1. The summed E-state index contributed by atoms with van der Waals surface area (Å²) in [5.41, 5.74) is 8.89. The quantitative estimate of drug-likeness (QED) is 0.228.